The Morgan fingerprint density at radius 3 is 2.79 bits per heavy atom. The number of alkyl halides is 3. The van der Waals surface area contributed by atoms with Crippen LogP contribution in [0, 0.1) is 5.82 Å². The van der Waals surface area contributed by atoms with Gasteiger partial charge in [0.05, 0.1) is 4.88 Å². The Balaban J connectivity index is 1.74. The van der Waals surface area contributed by atoms with Crippen molar-refractivity contribution >= 4 is 22.8 Å². The van der Waals surface area contributed by atoms with Crippen molar-refractivity contribution in [2.45, 2.75) is 12.6 Å². The Bertz CT molecular complexity index is 1100. The second kappa shape index (κ2) is 7.14. The first-order chi connectivity index (χ1) is 13.8. The van der Waals surface area contributed by atoms with Crippen molar-refractivity contribution in [2.24, 2.45) is 0 Å². The average Bonchev–Trinajstić information content (AvgIpc) is 3.29. The van der Waals surface area contributed by atoms with E-state index >= 15 is 0 Å². The number of carbonyl (C=O) groups is 1. The molecule has 1 N–H and O–H groups in total. The summed E-state index contributed by atoms with van der Waals surface area (Å²) < 4.78 is 52.1. The van der Waals surface area contributed by atoms with Gasteiger partial charge in [-0.3, -0.25) is 9.89 Å². The predicted molar refractivity (Wildman–Crippen MR) is 103 cm³/mol. The summed E-state index contributed by atoms with van der Waals surface area (Å²) in [5.41, 5.74) is 1.02. The molecule has 0 saturated heterocycles. The van der Waals surface area contributed by atoms with E-state index in [0.29, 0.717) is 36.1 Å². The molecule has 0 unspecified atom stereocenters. The fraction of sp³-hybridized carbons (Fsp3) is 0.200. The first-order valence-electron chi connectivity index (χ1n) is 8.73. The molecule has 29 heavy (non-hydrogen) atoms. The number of hydrogen-bond donors (Lipinski definition) is 1. The van der Waals surface area contributed by atoms with Crippen molar-refractivity contribution in [1.82, 2.24) is 10.2 Å². The normalized spacial score (nSPS) is 13.6. The Kier molecular flexibility index (Phi) is 4.77. The van der Waals surface area contributed by atoms with E-state index < -0.39 is 17.7 Å². The summed E-state index contributed by atoms with van der Waals surface area (Å²) in [6, 6.07) is 6.86. The van der Waals surface area contributed by atoms with Crippen LogP contribution >= 0.6 is 11.3 Å². The van der Waals surface area contributed by atoms with Gasteiger partial charge in [0.1, 0.15) is 11.5 Å². The molecule has 4 nitrogen and oxygen atoms in total. The number of anilines is 1. The topological polar surface area (TPSA) is 49.0 Å². The molecule has 150 valence electrons. The number of carbonyl (C=O) groups excluding carboxylic acids is 1. The second-order valence-electron chi connectivity index (χ2n) is 6.60. The van der Waals surface area contributed by atoms with Crippen LogP contribution in [0.5, 0.6) is 0 Å². The fourth-order valence-corrected chi connectivity index (χ4v) is 4.55. The lowest BCUT2D eigenvalue weighted by Crippen LogP contribution is -2.25. The molecule has 1 aliphatic rings. The molecule has 0 bridgehead atoms. The van der Waals surface area contributed by atoms with E-state index in [2.05, 4.69) is 16.8 Å². The molecular formula is C20H15F4N3OS. The van der Waals surface area contributed by atoms with Gasteiger partial charge in [-0.2, -0.15) is 18.3 Å². The molecule has 1 aromatic carbocycles. The van der Waals surface area contributed by atoms with E-state index in [0.717, 1.165) is 16.0 Å². The third-order valence-electron chi connectivity index (χ3n) is 4.69. The second-order valence-corrected chi connectivity index (χ2v) is 7.66. The number of benzene rings is 1. The monoisotopic (exact) mass is 421 g/mol. The summed E-state index contributed by atoms with van der Waals surface area (Å²) in [5.74, 6) is -0.927. The zero-order valence-electron chi connectivity index (χ0n) is 15.0. The van der Waals surface area contributed by atoms with Gasteiger partial charge in [-0.1, -0.05) is 6.08 Å². The van der Waals surface area contributed by atoms with Crippen LogP contribution < -0.4 is 4.90 Å². The van der Waals surface area contributed by atoms with Gasteiger partial charge in [-0.15, -0.1) is 17.9 Å². The highest BCUT2D eigenvalue weighted by Crippen LogP contribution is 2.42. The van der Waals surface area contributed by atoms with Gasteiger partial charge in [0.2, 0.25) is 5.78 Å². The third-order valence-corrected chi connectivity index (χ3v) is 5.90. The molecule has 0 amide bonds. The summed E-state index contributed by atoms with van der Waals surface area (Å²) in [5, 5.41) is 5.35. The maximum Gasteiger partial charge on any atom is 0.435 e. The zero-order valence-corrected chi connectivity index (χ0v) is 15.8. The molecule has 2 aromatic heterocycles. The highest BCUT2D eigenvalue weighted by molar-refractivity contribution is 7.17. The standard InChI is InChI=1S/C20H15F4N3OS/c1-2-6-27-7-5-11-8-16(18(28)14-10-17(26-25-14)20(22,23)24)29-19(11)13-4-3-12(21)9-15(13)27/h2-4,8-10H,1,5-7H2,(H,25,26). The molecule has 1 aliphatic heterocycles. The van der Waals surface area contributed by atoms with Crippen LogP contribution in [0.2, 0.25) is 0 Å². The van der Waals surface area contributed by atoms with Gasteiger partial charge in [-0.25, -0.2) is 4.39 Å². The van der Waals surface area contributed by atoms with E-state index in [1.165, 1.54) is 23.5 Å². The smallest absolute Gasteiger partial charge is 0.367 e. The van der Waals surface area contributed by atoms with Crippen LogP contribution in [0.4, 0.5) is 23.2 Å². The Morgan fingerprint density at radius 2 is 2.10 bits per heavy atom. The SMILES string of the molecule is C=CCN1CCc2cc(C(=O)c3cc(C(F)(F)F)n[nH]3)sc2-c2ccc(F)cc21. The first kappa shape index (κ1) is 19.4. The van der Waals surface area contributed by atoms with Crippen molar-refractivity contribution in [3.8, 4) is 10.4 Å². The molecule has 0 spiro atoms. The molecular weight excluding hydrogens is 406 g/mol. The average molecular weight is 421 g/mol. The fourth-order valence-electron chi connectivity index (χ4n) is 3.35. The van der Waals surface area contributed by atoms with Gasteiger partial charge in [0.25, 0.3) is 0 Å². The number of fused-ring (bicyclic) bond motifs is 3. The molecule has 9 heteroatoms. The number of hydrogen-bond acceptors (Lipinski definition) is 4. The van der Waals surface area contributed by atoms with Crippen molar-refractivity contribution in [3.63, 3.8) is 0 Å². The Labute approximate surface area is 167 Å². The lowest BCUT2D eigenvalue weighted by molar-refractivity contribution is -0.141. The van der Waals surface area contributed by atoms with Crippen molar-refractivity contribution in [1.29, 1.82) is 0 Å². The maximum absolute atomic E-state index is 13.9. The lowest BCUT2D eigenvalue weighted by atomic mass is 10.1. The summed E-state index contributed by atoms with van der Waals surface area (Å²) in [6.07, 6.45) is -2.28. The van der Waals surface area contributed by atoms with Gasteiger partial charge < -0.3 is 4.90 Å². The first-order valence-corrected chi connectivity index (χ1v) is 9.55. The number of H-pyrrole nitrogens is 1. The largest absolute Gasteiger partial charge is 0.435 e. The minimum atomic E-state index is -4.63. The maximum atomic E-state index is 13.9. The molecule has 0 atom stereocenters. The van der Waals surface area contributed by atoms with Crippen LogP contribution in [0.1, 0.15) is 26.6 Å². The Hall–Kier alpha value is -2.94. The Morgan fingerprint density at radius 1 is 1.31 bits per heavy atom. The van der Waals surface area contributed by atoms with Crippen LogP contribution in [-0.2, 0) is 12.6 Å². The number of nitrogens with one attached hydrogen (secondary N) is 1. The summed E-state index contributed by atoms with van der Waals surface area (Å²) in [6.45, 7) is 4.89. The van der Waals surface area contributed by atoms with Gasteiger partial charge >= 0.3 is 6.18 Å². The van der Waals surface area contributed by atoms with Gasteiger partial charge in [0.15, 0.2) is 5.69 Å². The van der Waals surface area contributed by atoms with Crippen molar-refractivity contribution in [3.05, 3.63) is 70.6 Å². The van der Waals surface area contributed by atoms with E-state index in [1.54, 1.807) is 18.2 Å². The van der Waals surface area contributed by atoms with Crippen LogP contribution in [-0.4, -0.2) is 29.1 Å². The summed E-state index contributed by atoms with van der Waals surface area (Å²) in [4.78, 5) is 15.8. The van der Waals surface area contributed by atoms with E-state index in [4.69, 9.17) is 0 Å². The predicted octanol–water partition coefficient (Wildman–Crippen LogP) is 5.08. The minimum Gasteiger partial charge on any atom is -0.367 e. The van der Waals surface area contributed by atoms with Crippen molar-refractivity contribution < 1.29 is 22.4 Å². The number of rotatable bonds is 4. The molecule has 4 rings (SSSR count). The number of nitrogens with zero attached hydrogens (tertiary/aromatic N) is 2. The molecule has 0 radical (unpaired) electrons. The number of halogens is 4. The zero-order chi connectivity index (χ0) is 20.8. The summed E-state index contributed by atoms with van der Waals surface area (Å²) in [7, 11) is 0. The number of aromatic nitrogens is 2. The van der Waals surface area contributed by atoms with Gasteiger partial charge in [0, 0.05) is 29.2 Å². The van der Waals surface area contributed by atoms with Crippen molar-refractivity contribution in [2.75, 3.05) is 18.0 Å². The quantitative estimate of drug-likeness (QED) is 0.363. The summed E-state index contributed by atoms with van der Waals surface area (Å²) >= 11 is 1.18. The van der Waals surface area contributed by atoms with Gasteiger partial charge in [-0.05, 0) is 42.3 Å². The van der Waals surface area contributed by atoms with Crippen LogP contribution in [0.25, 0.3) is 10.4 Å². The number of thiophene rings is 1. The third kappa shape index (κ3) is 3.57. The highest BCUT2D eigenvalue weighted by atomic mass is 32.1. The van der Waals surface area contributed by atoms with E-state index in [-0.39, 0.29) is 11.5 Å². The van der Waals surface area contributed by atoms with E-state index in [1.807, 2.05) is 4.90 Å². The number of ketones is 1. The lowest BCUT2D eigenvalue weighted by Gasteiger charge is -2.23. The van der Waals surface area contributed by atoms with Crippen LogP contribution in [0.15, 0.2) is 43.0 Å². The minimum absolute atomic E-state index is 0.221. The van der Waals surface area contributed by atoms with E-state index in [9.17, 15) is 22.4 Å². The van der Waals surface area contributed by atoms with Crippen LogP contribution in [0.3, 0.4) is 0 Å². The molecule has 3 aromatic rings. The highest BCUT2D eigenvalue weighted by Gasteiger charge is 2.35. The molecule has 3 heterocycles. The molecule has 0 aliphatic carbocycles. The molecule has 0 fully saturated rings. The molecule has 0 saturated carbocycles. The number of aromatic amines is 1.